The summed E-state index contributed by atoms with van der Waals surface area (Å²) >= 11 is 0. The van der Waals surface area contributed by atoms with E-state index < -0.39 is 21.8 Å². The van der Waals surface area contributed by atoms with Gasteiger partial charge in [0.1, 0.15) is 17.1 Å². The summed E-state index contributed by atoms with van der Waals surface area (Å²) in [4.78, 5) is 15.0. The summed E-state index contributed by atoms with van der Waals surface area (Å²) in [6, 6.07) is 7.37. The van der Waals surface area contributed by atoms with E-state index in [4.69, 9.17) is 9.47 Å². The van der Waals surface area contributed by atoms with Gasteiger partial charge in [-0.2, -0.15) is 0 Å². The molecule has 8 nitrogen and oxygen atoms in total. The number of ether oxygens (including phenoxy) is 2. The summed E-state index contributed by atoms with van der Waals surface area (Å²) in [5.41, 5.74) is 1.35. The Morgan fingerprint density at radius 3 is 2.89 bits per heavy atom. The predicted octanol–water partition coefficient (Wildman–Crippen LogP) is 3.48. The van der Waals surface area contributed by atoms with E-state index in [-0.39, 0.29) is 22.7 Å². The molecule has 2 heterocycles. The molecule has 10 heteroatoms. The third-order valence-electron chi connectivity index (χ3n) is 7.50. The van der Waals surface area contributed by atoms with E-state index in [9.17, 15) is 17.6 Å². The number of sulfonamides is 1. The second kappa shape index (κ2) is 9.99. The molecule has 3 atom stereocenters. The van der Waals surface area contributed by atoms with Crippen LogP contribution >= 0.6 is 0 Å². The van der Waals surface area contributed by atoms with Crippen LogP contribution in [0.3, 0.4) is 0 Å². The first-order chi connectivity index (χ1) is 17.3. The molecule has 0 aromatic heterocycles. The van der Waals surface area contributed by atoms with Crippen LogP contribution in [0.15, 0.2) is 35.2 Å². The largest absolute Gasteiger partial charge is 0.492 e. The lowest BCUT2D eigenvalue weighted by molar-refractivity contribution is 0.0596. The minimum atomic E-state index is -4.15. The zero-order valence-electron chi connectivity index (χ0n) is 20.6. The Morgan fingerprint density at radius 2 is 2.11 bits per heavy atom. The van der Waals surface area contributed by atoms with Crippen LogP contribution in [0.4, 0.5) is 10.1 Å². The van der Waals surface area contributed by atoms with Crippen LogP contribution in [0.5, 0.6) is 5.75 Å². The van der Waals surface area contributed by atoms with Gasteiger partial charge in [-0.15, -0.1) is 0 Å². The van der Waals surface area contributed by atoms with E-state index in [0.29, 0.717) is 42.3 Å². The fourth-order valence-electron chi connectivity index (χ4n) is 5.50. The van der Waals surface area contributed by atoms with Crippen LogP contribution in [-0.2, 0) is 21.3 Å². The van der Waals surface area contributed by atoms with Gasteiger partial charge < -0.3 is 14.8 Å². The van der Waals surface area contributed by atoms with Crippen LogP contribution in [0.1, 0.15) is 53.6 Å². The molecule has 2 N–H and O–H groups in total. The van der Waals surface area contributed by atoms with Gasteiger partial charge in [0.15, 0.2) is 0 Å². The number of anilines is 1. The summed E-state index contributed by atoms with van der Waals surface area (Å²) in [5, 5.41) is 3.31. The molecular weight excluding hydrogens is 485 g/mol. The number of rotatable bonds is 9. The molecular formula is C26H32FN3O5S. The number of hydrogen-bond donors (Lipinski definition) is 2. The number of carbonyl (C=O) groups is 1. The predicted molar refractivity (Wildman–Crippen MR) is 133 cm³/mol. The summed E-state index contributed by atoms with van der Waals surface area (Å²) < 4.78 is 54.5. The van der Waals surface area contributed by atoms with Crippen molar-refractivity contribution in [1.29, 1.82) is 0 Å². The number of likely N-dealkylation sites (N-methyl/N-ethyl adjacent to an activating group) is 1. The van der Waals surface area contributed by atoms with Gasteiger partial charge in [-0.25, -0.2) is 17.6 Å². The number of carbonyl (C=O) groups excluding carboxylic acids is 1. The van der Waals surface area contributed by atoms with Gasteiger partial charge in [-0.1, -0.05) is 13.0 Å². The molecule has 2 aromatic rings. The van der Waals surface area contributed by atoms with E-state index in [1.807, 2.05) is 0 Å². The molecule has 3 aliphatic rings. The molecule has 3 unspecified atom stereocenters. The van der Waals surface area contributed by atoms with Crippen molar-refractivity contribution in [2.45, 2.75) is 49.6 Å². The van der Waals surface area contributed by atoms with Crippen molar-refractivity contribution in [1.82, 2.24) is 10.2 Å². The van der Waals surface area contributed by atoms with E-state index >= 15 is 0 Å². The third kappa shape index (κ3) is 4.81. The van der Waals surface area contributed by atoms with Crippen molar-refractivity contribution in [2.24, 2.45) is 5.92 Å². The van der Waals surface area contributed by atoms with Crippen LogP contribution in [-0.4, -0.2) is 58.7 Å². The quantitative estimate of drug-likeness (QED) is 0.492. The highest BCUT2D eigenvalue weighted by Gasteiger charge is 2.45. The highest BCUT2D eigenvalue weighted by atomic mass is 32.2. The molecule has 0 spiro atoms. The summed E-state index contributed by atoms with van der Waals surface area (Å²) in [6.07, 6.45) is 3.20. The minimum absolute atomic E-state index is 0.0492. The smallest absolute Gasteiger partial charge is 0.343 e. The fraction of sp³-hybridized carbons (Fsp3) is 0.500. The molecule has 2 aliphatic heterocycles. The van der Waals surface area contributed by atoms with Crippen molar-refractivity contribution >= 4 is 21.7 Å². The first-order valence-corrected chi connectivity index (χ1v) is 13.9. The van der Waals surface area contributed by atoms with Gasteiger partial charge in [0.2, 0.25) is 0 Å². The lowest BCUT2D eigenvalue weighted by Crippen LogP contribution is -2.37. The maximum atomic E-state index is 14.1. The van der Waals surface area contributed by atoms with Gasteiger partial charge in [0, 0.05) is 25.0 Å². The second-order valence-corrected chi connectivity index (χ2v) is 11.4. The molecule has 36 heavy (non-hydrogen) atoms. The SMILES string of the molecule is CCN1CCCC1CNCc1cc(F)ccc1S(=O)(=O)Nc1ccc2c(c1C(=O)OC)OCC1CC21. The number of benzene rings is 2. The Kier molecular flexibility index (Phi) is 6.93. The second-order valence-electron chi connectivity index (χ2n) is 9.72. The number of halogens is 1. The van der Waals surface area contributed by atoms with Crippen molar-refractivity contribution in [3.8, 4) is 5.75 Å². The van der Waals surface area contributed by atoms with Crippen molar-refractivity contribution < 1.29 is 27.1 Å². The summed E-state index contributed by atoms with van der Waals surface area (Å²) in [7, 11) is -2.90. The zero-order valence-corrected chi connectivity index (χ0v) is 21.4. The monoisotopic (exact) mass is 517 g/mol. The molecule has 1 saturated heterocycles. The number of fused-ring (bicyclic) bond motifs is 3. The Hall–Kier alpha value is -2.69. The standard InChI is InChI=1S/C26H32FN3O5S/c1-3-30-10-4-5-19(30)14-28-13-16-11-18(27)6-9-23(16)36(32,33)29-22-8-7-20-21-12-17(21)15-35-25(20)24(22)26(31)34-2/h6-9,11,17,19,21,28-29H,3-5,10,12-15H2,1-2H3. The van der Waals surface area contributed by atoms with Gasteiger partial charge in [0.25, 0.3) is 10.0 Å². The number of hydrogen-bond acceptors (Lipinski definition) is 7. The first kappa shape index (κ1) is 25.0. The number of nitrogens with one attached hydrogen (secondary N) is 2. The fourth-order valence-corrected chi connectivity index (χ4v) is 6.80. The van der Waals surface area contributed by atoms with Crippen molar-refractivity contribution in [3.63, 3.8) is 0 Å². The normalized spacial score (nSPS) is 22.9. The number of nitrogens with zero attached hydrogens (tertiary/aromatic N) is 1. The Labute approximate surface area is 211 Å². The van der Waals surface area contributed by atoms with Crippen LogP contribution in [0.25, 0.3) is 0 Å². The van der Waals surface area contributed by atoms with E-state index in [1.54, 1.807) is 12.1 Å². The molecule has 1 aliphatic carbocycles. The van der Waals surface area contributed by atoms with Crippen LogP contribution < -0.4 is 14.8 Å². The van der Waals surface area contributed by atoms with Gasteiger partial charge in [-0.3, -0.25) is 9.62 Å². The van der Waals surface area contributed by atoms with Crippen molar-refractivity contribution in [3.05, 3.63) is 52.8 Å². The lowest BCUT2D eigenvalue weighted by atomic mass is 10.0. The topological polar surface area (TPSA) is 97.0 Å². The van der Waals surface area contributed by atoms with Gasteiger partial charge in [0.05, 0.1) is 24.3 Å². The maximum Gasteiger partial charge on any atom is 0.343 e. The molecule has 0 radical (unpaired) electrons. The average molecular weight is 518 g/mol. The Morgan fingerprint density at radius 1 is 1.28 bits per heavy atom. The molecule has 2 aromatic carbocycles. The first-order valence-electron chi connectivity index (χ1n) is 12.5. The van der Waals surface area contributed by atoms with Gasteiger partial charge >= 0.3 is 5.97 Å². The molecule has 0 amide bonds. The van der Waals surface area contributed by atoms with E-state index in [1.165, 1.54) is 19.2 Å². The van der Waals surface area contributed by atoms with Crippen molar-refractivity contribution in [2.75, 3.05) is 38.1 Å². The minimum Gasteiger partial charge on any atom is -0.492 e. The highest BCUT2D eigenvalue weighted by molar-refractivity contribution is 7.92. The average Bonchev–Trinajstić information content (AvgIpc) is 3.52. The molecule has 194 valence electrons. The van der Waals surface area contributed by atoms with Crippen LogP contribution in [0, 0.1) is 11.7 Å². The maximum absolute atomic E-state index is 14.1. The van der Waals surface area contributed by atoms with E-state index in [0.717, 1.165) is 44.0 Å². The molecule has 0 bridgehead atoms. The third-order valence-corrected chi connectivity index (χ3v) is 8.96. The Balaban J connectivity index is 1.40. The zero-order chi connectivity index (χ0) is 25.4. The number of likely N-dealkylation sites (tertiary alicyclic amines) is 1. The molecule has 5 rings (SSSR count). The van der Waals surface area contributed by atoms with Crippen LogP contribution in [0.2, 0.25) is 0 Å². The summed E-state index contributed by atoms with van der Waals surface area (Å²) in [6.45, 7) is 5.52. The molecule has 2 fully saturated rings. The Bertz CT molecular complexity index is 1270. The molecule has 1 saturated carbocycles. The van der Waals surface area contributed by atoms with E-state index in [2.05, 4.69) is 21.9 Å². The van der Waals surface area contributed by atoms with Gasteiger partial charge in [-0.05, 0) is 73.7 Å². The summed E-state index contributed by atoms with van der Waals surface area (Å²) in [5.74, 6) is -0.0618. The highest BCUT2D eigenvalue weighted by Crippen LogP contribution is 2.55. The number of esters is 1. The number of methoxy groups -OCH3 is 1. The lowest BCUT2D eigenvalue weighted by Gasteiger charge is -2.23.